The molecular weight excluding hydrogens is 466 g/mol. The summed E-state index contributed by atoms with van der Waals surface area (Å²) in [4.78, 5) is 32.9. The van der Waals surface area contributed by atoms with E-state index >= 15 is 0 Å². The van der Waals surface area contributed by atoms with Crippen molar-refractivity contribution in [2.45, 2.75) is 56.7 Å². The molecular formula is C25H29N5O4S. The van der Waals surface area contributed by atoms with Crippen LogP contribution in [-0.2, 0) is 9.53 Å². The van der Waals surface area contributed by atoms with Gasteiger partial charge >= 0.3 is 0 Å². The Kier molecular flexibility index (Phi) is 7.10. The number of nitrogens with zero attached hydrogens (tertiary/aromatic N) is 2. The molecule has 1 atom stereocenters. The largest absolute Gasteiger partial charge is 0.457 e. The molecule has 1 saturated carbocycles. The molecule has 1 aliphatic carbocycles. The van der Waals surface area contributed by atoms with Crippen LogP contribution in [0, 0.1) is 0 Å². The molecule has 3 heterocycles. The number of hydrogen-bond donors (Lipinski definition) is 3. The van der Waals surface area contributed by atoms with Crippen molar-refractivity contribution >= 4 is 38.5 Å². The van der Waals surface area contributed by atoms with Gasteiger partial charge in [-0.1, -0.05) is 11.3 Å². The molecule has 0 unspecified atom stereocenters. The molecule has 9 nitrogen and oxygen atoms in total. The molecule has 10 heteroatoms. The Morgan fingerprint density at radius 3 is 2.63 bits per heavy atom. The third kappa shape index (κ3) is 5.71. The van der Waals surface area contributed by atoms with E-state index < -0.39 is 0 Å². The second-order valence-electron chi connectivity index (χ2n) is 8.91. The third-order valence-corrected chi connectivity index (χ3v) is 7.36. The first-order valence-corrected chi connectivity index (χ1v) is 12.8. The number of aromatic nitrogens is 2. The van der Waals surface area contributed by atoms with Gasteiger partial charge in [-0.15, -0.1) is 0 Å². The van der Waals surface area contributed by atoms with Gasteiger partial charge in [-0.2, -0.15) is 0 Å². The maximum Gasteiger partial charge on any atom is 0.269 e. The van der Waals surface area contributed by atoms with Gasteiger partial charge in [0, 0.05) is 44.1 Å². The van der Waals surface area contributed by atoms with E-state index in [2.05, 4.69) is 20.9 Å². The summed E-state index contributed by atoms with van der Waals surface area (Å²) in [5.41, 5.74) is 1.21. The van der Waals surface area contributed by atoms with E-state index in [1.54, 1.807) is 36.7 Å². The molecule has 2 aromatic heterocycles. The molecule has 5 rings (SSSR count). The number of carbonyl (C=O) groups excluding carboxylic acids is 2. The third-order valence-electron chi connectivity index (χ3n) is 6.41. The van der Waals surface area contributed by atoms with Crippen LogP contribution in [0.15, 0.2) is 36.5 Å². The number of pyridine rings is 1. The number of ether oxygens (including phenoxy) is 2. The van der Waals surface area contributed by atoms with Gasteiger partial charge in [0.15, 0.2) is 5.13 Å². The lowest BCUT2D eigenvalue weighted by molar-refractivity contribution is -0.131. The lowest BCUT2D eigenvalue weighted by atomic mass is 9.91. The van der Waals surface area contributed by atoms with Crippen molar-refractivity contribution in [2.24, 2.45) is 0 Å². The zero-order chi connectivity index (χ0) is 24.2. The Balaban J connectivity index is 1.16. The first-order valence-electron chi connectivity index (χ1n) is 12.0. The minimum Gasteiger partial charge on any atom is -0.457 e. The SMILES string of the molecule is CNC(=O)c1cc(Oc2ccc3nc(NC4CCC(NC(=O)[C@H]5CCCO5)CC4)sc3c2)ccn1. The van der Waals surface area contributed by atoms with Gasteiger partial charge in [-0.25, -0.2) is 4.98 Å². The zero-order valence-corrected chi connectivity index (χ0v) is 20.4. The molecule has 1 saturated heterocycles. The zero-order valence-electron chi connectivity index (χ0n) is 19.6. The van der Waals surface area contributed by atoms with Gasteiger partial charge in [0.25, 0.3) is 5.91 Å². The van der Waals surface area contributed by atoms with Crippen LogP contribution in [0.5, 0.6) is 11.5 Å². The van der Waals surface area contributed by atoms with Crippen molar-refractivity contribution in [3.8, 4) is 11.5 Å². The summed E-state index contributed by atoms with van der Waals surface area (Å²) < 4.78 is 12.5. The van der Waals surface area contributed by atoms with E-state index in [9.17, 15) is 9.59 Å². The molecule has 3 aromatic rings. The number of anilines is 1. The number of carbonyl (C=O) groups is 2. The molecule has 2 aliphatic rings. The van der Waals surface area contributed by atoms with Crippen molar-refractivity contribution in [1.29, 1.82) is 0 Å². The quantitative estimate of drug-likeness (QED) is 0.456. The fourth-order valence-corrected chi connectivity index (χ4v) is 5.50. The predicted molar refractivity (Wildman–Crippen MR) is 134 cm³/mol. The average Bonchev–Trinajstić information content (AvgIpc) is 3.55. The van der Waals surface area contributed by atoms with Crippen LogP contribution < -0.4 is 20.7 Å². The Hall–Kier alpha value is -3.24. The Bertz CT molecular complexity index is 1200. The van der Waals surface area contributed by atoms with Crippen LogP contribution in [0.25, 0.3) is 10.2 Å². The normalized spacial score (nSPS) is 22.0. The summed E-state index contributed by atoms with van der Waals surface area (Å²) >= 11 is 1.59. The van der Waals surface area contributed by atoms with Crippen LogP contribution in [0.3, 0.4) is 0 Å². The highest BCUT2D eigenvalue weighted by Gasteiger charge is 2.28. The standard InChI is InChI=1S/C25H29N5O4S/c1-26-23(31)20-13-18(10-11-27-20)34-17-8-9-19-22(14-17)35-25(30-19)29-16-6-4-15(5-7-16)28-24(32)21-3-2-12-33-21/h8-11,13-16,21H,2-7,12H2,1H3,(H,26,31)(H,28,32)(H,29,30)/t15?,16?,21-/m1/s1. The molecule has 184 valence electrons. The van der Waals surface area contributed by atoms with Crippen LogP contribution >= 0.6 is 11.3 Å². The highest BCUT2D eigenvalue weighted by atomic mass is 32.1. The summed E-state index contributed by atoms with van der Waals surface area (Å²) in [6, 6.07) is 9.64. The Labute approximate surface area is 207 Å². The smallest absolute Gasteiger partial charge is 0.269 e. The van der Waals surface area contributed by atoms with Gasteiger partial charge in [0.1, 0.15) is 23.3 Å². The van der Waals surface area contributed by atoms with Crippen molar-refractivity contribution < 1.29 is 19.1 Å². The molecule has 35 heavy (non-hydrogen) atoms. The second-order valence-corrected chi connectivity index (χ2v) is 9.94. The van der Waals surface area contributed by atoms with Crippen molar-refractivity contribution in [3.63, 3.8) is 0 Å². The van der Waals surface area contributed by atoms with Crippen LogP contribution in [0.4, 0.5) is 5.13 Å². The van der Waals surface area contributed by atoms with E-state index in [1.807, 2.05) is 18.2 Å². The first-order chi connectivity index (χ1) is 17.1. The topological polar surface area (TPSA) is 114 Å². The average molecular weight is 496 g/mol. The molecule has 1 aliphatic heterocycles. The number of fused-ring (bicyclic) bond motifs is 1. The maximum atomic E-state index is 12.3. The fraction of sp³-hybridized carbons (Fsp3) is 0.440. The molecule has 3 N–H and O–H groups in total. The molecule has 0 spiro atoms. The van der Waals surface area contributed by atoms with E-state index in [4.69, 9.17) is 14.5 Å². The van der Waals surface area contributed by atoms with Crippen LogP contribution in [0.2, 0.25) is 0 Å². The highest BCUT2D eigenvalue weighted by molar-refractivity contribution is 7.22. The number of benzene rings is 1. The maximum absolute atomic E-state index is 12.3. The monoisotopic (exact) mass is 495 g/mol. The minimum absolute atomic E-state index is 0.0414. The Morgan fingerprint density at radius 2 is 1.86 bits per heavy atom. The van der Waals surface area contributed by atoms with Gasteiger partial charge in [-0.05, 0) is 56.7 Å². The molecule has 2 amide bonds. The minimum atomic E-state index is -0.265. The van der Waals surface area contributed by atoms with E-state index in [1.165, 1.54) is 0 Å². The van der Waals surface area contributed by atoms with Crippen molar-refractivity contribution in [1.82, 2.24) is 20.6 Å². The second kappa shape index (κ2) is 10.6. The lowest BCUT2D eigenvalue weighted by Crippen LogP contribution is -2.44. The number of hydrogen-bond acceptors (Lipinski definition) is 8. The summed E-state index contributed by atoms with van der Waals surface area (Å²) in [5.74, 6) is 0.997. The van der Waals surface area contributed by atoms with Gasteiger partial charge in [0.2, 0.25) is 5.91 Å². The number of rotatable bonds is 7. The van der Waals surface area contributed by atoms with E-state index in [-0.39, 0.29) is 24.0 Å². The Morgan fingerprint density at radius 1 is 1.06 bits per heavy atom. The van der Waals surface area contributed by atoms with Crippen LogP contribution in [-0.4, -0.2) is 53.6 Å². The van der Waals surface area contributed by atoms with Crippen molar-refractivity contribution in [3.05, 3.63) is 42.2 Å². The molecule has 2 fully saturated rings. The van der Waals surface area contributed by atoms with E-state index in [0.717, 1.165) is 53.9 Å². The van der Waals surface area contributed by atoms with Gasteiger partial charge < -0.3 is 25.4 Å². The van der Waals surface area contributed by atoms with Gasteiger partial charge in [-0.3, -0.25) is 14.6 Å². The molecule has 0 radical (unpaired) electrons. The number of thiazole rings is 1. The first kappa shape index (κ1) is 23.5. The predicted octanol–water partition coefficient (Wildman–Crippen LogP) is 3.86. The van der Waals surface area contributed by atoms with Crippen LogP contribution in [0.1, 0.15) is 49.0 Å². The molecule has 0 bridgehead atoms. The summed E-state index contributed by atoms with van der Waals surface area (Å²) in [7, 11) is 1.57. The number of nitrogens with one attached hydrogen (secondary N) is 3. The summed E-state index contributed by atoms with van der Waals surface area (Å²) in [5, 5.41) is 10.2. The summed E-state index contributed by atoms with van der Waals surface area (Å²) in [6.07, 6.45) is 6.94. The van der Waals surface area contributed by atoms with Gasteiger partial charge in [0.05, 0.1) is 10.2 Å². The number of amides is 2. The lowest BCUT2D eigenvalue weighted by Gasteiger charge is -2.30. The summed E-state index contributed by atoms with van der Waals surface area (Å²) in [6.45, 7) is 0.687. The fourth-order valence-electron chi connectivity index (χ4n) is 4.53. The van der Waals surface area contributed by atoms with Crippen molar-refractivity contribution in [2.75, 3.05) is 19.0 Å². The van der Waals surface area contributed by atoms with E-state index in [0.29, 0.717) is 29.8 Å². The highest BCUT2D eigenvalue weighted by Crippen LogP contribution is 2.33. The molecule has 1 aromatic carbocycles.